The Hall–Kier alpha value is -5.62. The topological polar surface area (TPSA) is 92.3 Å². The zero-order valence-electron chi connectivity index (χ0n) is 21.3. The lowest BCUT2D eigenvalue weighted by Crippen LogP contribution is -2.18. The van der Waals surface area contributed by atoms with Gasteiger partial charge in [-0.2, -0.15) is 0 Å². The molecule has 0 saturated heterocycles. The molecule has 2 amide bonds. The highest BCUT2D eigenvalue weighted by atomic mass is 16.2. The van der Waals surface area contributed by atoms with Gasteiger partial charge in [0.25, 0.3) is 11.8 Å². The fourth-order valence-electron chi connectivity index (χ4n) is 4.26. The van der Waals surface area contributed by atoms with Crippen molar-refractivity contribution in [2.75, 3.05) is 10.6 Å². The fourth-order valence-corrected chi connectivity index (χ4v) is 4.26. The zero-order valence-corrected chi connectivity index (χ0v) is 21.3. The molecule has 0 aromatic heterocycles. The third-order valence-corrected chi connectivity index (χ3v) is 6.30. The maximum atomic E-state index is 13.2. The van der Waals surface area contributed by atoms with Crippen LogP contribution in [-0.2, 0) is 0 Å². The lowest BCUT2D eigenvalue weighted by atomic mass is 10.0. The van der Waals surface area contributed by atoms with E-state index in [-0.39, 0.29) is 22.7 Å². The van der Waals surface area contributed by atoms with Crippen LogP contribution in [0.5, 0.6) is 0 Å². The Bertz CT molecular complexity index is 1590. The van der Waals surface area contributed by atoms with E-state index >= 15 is 0 Å². The molecule has 0 heterocycles. The largest absolute Gasteiger partial charge is 0.321 e. The van der Waals surface area contributed by atoms with Crippen molar-refractivity contribution in [2.45, 2.75) is 0 Å². The van der Waals surface area contributed by atoms with Crippen LogP contribution in [0.15, 0.2) is 133 Å². The summed E-state index contributed by atoms with van der Waals surface area (Å²) in [7, 11) is 0. The number of hydrogen-bond donors (Lipinski definition) is 2. The van der Waals surface area contributed by atoms with E-state index in [0.29, 0.717) is 33.6 Å². The number of rotatable bonds is 8. The van der Waals surface area contributed by atoms with Gasteiger partial charge in [-0.15, -0.1) is 0 Å². The Morgan fingerprint density at radius 2 is 0.725 bits per heavy atom. The average molecular weight is 525 g/mol. The molecular formula is C34H24N2O4. The van der Waals surface area contributed by atoms with Gasteiger partial charge < -0.3 is 10.6 Å². The molecule has 0 aliphatic rings. The zero-order chi connectivity index (χ0) is 27.9. The number of anilines is 2. The first-order chi connectivity index (χ1) is 19.5. The van der Waals surface area contributed by atoms with E-state index in [4.69, 9.17) is 0 Å². The van der Waals surface area contributed by atoms with Gasteiger partial charge in [-0.3, -0.25) is 19.2 Å². The van der Waals surface area contributed by atoms with Crippen LogP contribution in [0.1, 0.15) is 52.6 Å². The number of ketones is 2. The van der Waals surface area contributed by atoms with Gasteiger partial charge >= 0.3 is 0 Å². The van der Waals surface area contributed by atoms with Crippen molar-refractivity contribution in [3.63, 3.8) is 0 Å². The first-order valence-corrected chi connectivity index (χ1v) is 12.6. The van der Waals surface area contributed by atoms with Crippen molar-refractivity contribution in [1.29, 1.82) is 0 Å². The Morgan fingerprint density at radius 1 is 0.375 bits per heavy atom. The summed E-state index contributed by atoms with van der Waals surface area (Å²) >= 11 is 0. The summed E-state index contributed by atoms with van der Waals surface area (Å²) in [6.07, 6.45) is 0. The van der Waals surface area contributed by atoms with Crippen LogP contribution in [0.4, 0.5) is 11.4 Å². The molecule has 0 fully saturated rings. The van der Waals surface area contributed by atoms with Crippen LogP contribution in [0, 0.1) is 0 Å². The van der Waals surface area contributed by atoms with Crippen LogP contribution in [-0.4, -0.2) is 23.4 Å². The van der Waals surface area contributed by atoms with Gasteiger partial charge in [-0.05, 0) is 42.5 Å². The summed E-state index contributed by atoms with van der Waals surface area (Å²) in [6, 6.07) is 37.4. The number of hydrogen-bond acceptors (Lipinski definition) is 4. The Morgan fingerprint density at radius 3 is 1.15 bits per heavy atom. The second-order valence-corrected chi connectivity index (χ2v) is 8.97. The van der Waals surface area contributed by atoms with E-state index in [1.807, 2.05) is 12.1 Å². The molecule has 5 aromatic rings. The van der Waals surface area contributed by atoms with Crippen molar-refractivity contribution in [3.8, 4) is 0 Å². The highest BCUT2D eigenvalue weighted by molar-refractivity contribution is 6.17. The van der Waals surface area contributed by atoms with E-state index in [9.17, 15) is 19.2 Å². The number of nitrogens with one attached hydrogen (secondary N) is 2. The highest BCUT2D eigenvalue weighted by Gasteiger charge is 2.18. The van der Waals surface area contributed by atoms with Gasteiger partial charge in [-0.25, -0.2) is 0 Å². The molecule has 2 N–H and O–H groups in total. The van der Waals surface area contributed by atoms with Crippen LogP contribution in [0.3, 0.4) is 0 Å². The summed E-state index contributed by atoms with van der Waals surface area (Å²) < 4.78 is 0. The molecule has 0 bridgehead atoms. The molecule has 194 valence electrons. The minimum atomic E-state index is -0.470. The van der Waals surface area contributed by atoms with E-state index in [1.54, 1.807) is 115 Å². The molecular weight excluding hydrogens is 500 g/mol. The van der Waals surface area contributed by atoms with Gasteiger partial charge in [0.05, 0.1) is 11.4 Å². The molecule has 6 heteroatoms. The Balaban J connectivity index is 1.34. The lowest BCUT2D eigenvalue weighted by molar-refractivity contribution is 0.102. The molecule has 5 aromatic carbocycles. The van der Waals surface area contributed by atoms with E-state index in [0.717, 1.165) is 0 Å². The van der Waals surface area contributed by atoms with Gasteiger partial charge in [-0.1, -0.05) is 91.0 Å². The smallest absolute Gasteiger partial charge is 0.255 e. The van der Waals surface area contributed by atoms with Crippen LogP contribution in [0.2, 0.25) is 0 Å². The predicted octanol–water partition coefficient (Wildman–Crippen LogP) is 6.65. The second-order valence-electron chi connectivity index (χ2n) is 8.97. The van der Waals surface area contributed by atoms with E-state index < -0.39 is 11.8 Å². The third-order valence-electron chi connectivity index (χ3n) is 6.30. The molecule has 0 unspecified atom stereocenters. The summed E-state index contributed by atoms with van der Waals surface area (Å²) in [4.78, 5) is 52.4. The van der Waals surface area contributed by atoms with Crippen molar-refractivity contribution >= 4 is 34.8 Å². The van der Waals surface area contributed by atoms with Crippen molar-refractivity contribution < 1.29 is 19.2 Å². The van der Waals surface area contributed by atoms with E-state index in [2.05, 4.69) is 10.6 Å². The standard InChI is InChI=1S/C34H24N2O4/c37-31(23-12-3-1-4-13-23)27-18-7-9-20-29(27)35-33(39)25-16-11-17-26(22-25)34(40)36-30-21-10-8-19-28(30)32(38)24-14-5-2-6-15-24/h1-22H,(H,35,39)(H,36,40). The first-order valence-electron chi connectivity index (χ1n) is 12.6. The molecule has 0 spiro atoms. The Kier molecular flexibility index (Phi) is 7.69. The molecule has 0 aliphatic heterocycles. The predicted molar refractivity (Wildman–Crippen MR) is 155 cm³/mol. The van der Waals surface area contributed by atoms with Gasteiger partial charge in [0, 0.05) is 33.4 Å². The molecule has 5 rings (SSSR count). The van der Waals surface area contributed by atoms with Gasteiger partial charge in [0.2, 0.25) is 0 Å². The van der Waals surface area contributed by atoms with Gasteiger partial charge in [0.15, 0.2) is 11.6 Å². The summed E-state index contributed by atoms with van der Waals surface area (Å²) in [5, 5.41) is 5.60. The summed E-state index contributed by atoms with van der Waals surface area (Å²) in [5.74, 6) is -1.37. The van der Waals surface area contributed by atoms with Crippen LogP contribution >= 0.6 is 0 Å². The fraction of sp³-hybridized carbons (Fsp3) is 0. The summed E-state index contributed by atoms with van der Waals surface area (Å²) in [6.45, 7) is 0. The van der Waals surface area contributed by atoms with Crippen molar-refractivity contribution in [2.24, 2.45) is 0 Å². The van der Waals surface area contributed by atoms with Gasteiger partial charge in [0.1, 0.15) is 0 Å². The van der Waals surface area contributed by atoms with E-state index in [1.165, 1.54) is 6.07 Å². The molecule has 0 aliphatic carbocycles. The minimum absolute atomic E-state index is 0.214. The third kappa shape index (κ3) is 5.76. The monoisotopic (exact) mass is 524 g/mol. The minimum Gasteiger partial charge on any atom is -0.321 e. The maximum absolute atomic E-state index is 13.2. The molecule has 0 radical (unpaired) electrons. The maximum Gasteiger partial charge on any atom is 0.255 e. The Labute approximate surface area is 231 Å². The quantitative estimate of drug-likeness (QED) is 0.222. The number of para-hydroxylation sites is 2. The normalized spacial score (nSPS) is 10.4. The molecule has 40 heavy (non-hydrogen) atoms. The second kappa shape index (κ2) is 11.8. The molecule has 6 nitrogen and oxygen atoms in total. The van der Waals surface area contributed by atoms with Crippen molar-refractivity contribution in [3.05, 3.63) is 167 Å². The van der Waals surface area contributed by atoms with Crippen LogP contribution in [0.25, 0.3) is 0 Å². The molecule has 0 atom stereocenters. The molecule has 0 saturated carbocycles. The highest BCUT2D eigenvalue weighted by Crippen LogP contribution is 2.22. The average Bonchev–Trinajstić information content (AvgIpc) is 3.02. The first kappa shape index (κ1) is 26.0. The number of benzene rings is 5. The number of amides is 2. The number of carbonyl (C=O) groups excluding carboxylic acids is 4. The van der Waals surface area contributed by atoms with Crippen molar-refractivity contribution in [1.82, 2.24) is 0 Å². The number of carbonyl (C=O) groups is 4. The summed E-state index contributed by atoms with van der Waals surface area (Å²) in [5.41, 5.74) is 2.94. The van der Waals surface area contributed by atoms with Crippen LogP contribution < -0.4 is 10.6 Å². The SMILES string of the molecule is O=C(Nc1ccccc1C(=O)c1ccccc1)c1cccc(C(=O)Nc2ccccc2C(=O)c2ccccc2)c1. The lowest BCUT2D eigenvalue weighted by Gasteiger charge is -2.12.